The largest absolute Gasteiger partial charge is 0.490 e. The van der Waals surface area contributed by atoms with Crippen LogP contribution in [0.1, 0.15) is 23.7 Å². The third-order valence-corrected chi connectivity index (χ3v) is 3.00. The summed E-state index contributed by atoms with van der Waals surface area (Å²) in [6.07, 6.45) is 1.74. The lowest BCUT2D eigenvalue weighted by Gasteiger charge is -2.15. The van der Waals surface area contributed by atoms with Gasteiger partial charge in [-0.2, -0.15) is 0 Å². The van der Waals surface area contributed by atoms with Crippen molar-refractivity contribution in [3.8, 4) is 11.5 Å². The maximum Gasteiger partial charge on any atom is 0.167 e. The maximum atomic E-state index is 9.41. The van der Waals surface area contributed by atoms with E-state index in [0.29, 0.717) is 30.3 Å². The van der Waals surface area contributed by atoms with E-state index in [0.717, 1.165) is 11.3 Å². The van der Waals surface area contributed by atoms with Crippen LogP contribution in [0.25, 0.3) is 0 Å². The Labute approximate surface area is 119 Å². The van der Waals surface area contributed by atoms with Gasteiger partial charge in [-0.15, -0.1) is 0 Å². The molecule has 20 heavy (non-hydrogen) atoms. The number of aliphatic hydroxyl groups excluding tert-OH is 1. The summed E-state index contributed by atoms with van der Waals surface area (Å²) < 4.78 is 11.4. The average molecular weight is 273 g/mol. The van der Waals surface area contributed by atoms with Crippen LogP contribution < -0.4 is 9.47 Å². The predicted octanol–water partition coefficient (Wildman–Crippen LogP) is 2.86. The molecule has 0 aliphatic heterocycles. The number of ether oxygens (including phenoxy) is 2. The molecule has 106 valence electrons. The van der Waals surface area contributed by atoms with Crippen molar-refractivity contribution in [2.75, 3.05) is 6.61 Å². The number of rotatable bonds is 6. The zero-order chi connectivity index (χ0) is 14.4. The second-order valence-electron chi connectivity index (χ2n) is 4.39. The second kappa shape index (κ2) is 6.91. The third-order valence-electron chi connectivity index (χ3n) is 3.00. The minimum absolute atomic E-state index is 0.0859. The molecular formula is C16H19NO3. The number of benzene rings is 1. The first kappa shape index (κ1) is 14.3. The highest BCUT2D eigenvalue weighted by Gasteiger charge is 2.11. The van der Waals surface area contributed by atoms with Gasteiger partial charge in [-0.3, -0.25) is 4.98 Å². The van der Waals surface area contributed by atoms with Crippen LogP contribution in [0.5, 0.6) is 11.5 Å². The predicted molar refractivity (Wildman–Crippen MR) is 76.8 cm³/mol. The summed E-state index contributed by atoms with van der Waals surface area (Å²) >= 11 is 0. The van der Waals surface area contributed by atoms with Gasteiger partial charge in [0.15, 0.2) is 11.5 Å². The highest BCUT2D eigenvalue weighted by molar-refractivity contribution is 5.46. The normalized spacial score (nSPS) is 10.3. The van der Waals surface area contributed by atoms with Crippen LogP contribution in [0.3, 0.4) is 0 Å². The monoisotopic (exact) mass is 273 g/mol. The first-order valence-corrected chi connectivity index (χ1v) is 6.65. The molecule has 0 aliphatic rings. The van der Waals surface area contributed by atoms with Crippen LogP contribution in [-0.4, -0.2) is 16.7 Å². The highest BCUT2D eigenvalue weighted by Crippen LogP contribution is 2.32. The van der Waals surface area contributed by atoms with Gasteiger partial charge in [-0.05, 0) is 31.5 Å². The zero-order valence-electron chi connectivity index (χ0n) is 11.8. The van der Waals surface area contributed by atoms with E-state index < -0.39 is 0 Å². The van der Waals surface area contributed by atoms with Crippen LogP contribution in [0.2, 0.25) is 0 Å². The fourth-order valence-electron chi connectivity index (χ4n) is 1.93. The number of nitrogens with zero attached hydrogens (tertiary/aromatic N) is 1. The Morgan fingerprint density at radius 1 is 1.15 bits per heavy atom. The maximum absolute atomic E-state index is 9.41. The van der Waals surface area contributed by atoms with Gasteiger partial charge >= 0.3 is 0 Å². The van der Waals surface area contributed by atoms with Crippen molar-refractivity contribution in [3.63, 3.8) is 0 Å². The van der Waals surface area contributed by atoms with E-state index in [2.05, 4.69) is 4.98 Å². The molecule has 0 saturated heterocycles. The lowest BCUT2D eigenvalue weighted by atomic mass is 10.2. The van der Waals surface area contributed by atoms with Crippen LogP contribution in [0.4, 0.5) is 0 Å². The number of aromatic nitrogens is 1. The highest BCUT2D eigenvalue weighted by atomic mass is 16.5. The van der Waals surface area contributed by atoms with Gasteiger partial charge in [0.25, 0.3) is 0 Å². The molecule has 1 N–H and O–H groups in total. The third kappa shape index (κ3) is 3.27. The summed E-state index contributed by atoms with van der Waals surface area (Å²) in [6.45, 7) is 4.72. The Hall–Kier alpha value is -2.07. The van der Waals surface area contributed by atoms with Gasteiger partial charge in [0, 0.05) is 11.8 Å². The fraction of sp³-hybridized carbons (Fsp3) is 0.312. The van der Waals surface area contributed by atoms with E-state index >= 15 is 0 Å². The van der Waals surface area contributed by atoms with Gasteiger partial charge < -0.3 is 14.6 Å². The van der Waals surface area contributed by atoms with E-state index in [1.165, 1.54) is 0 Å². The SMILES string of the molecule is CCOc1cccc(CO)c1OCc1ncccc1C. The van der Waals surface area contributed by atoms with E-state index in [1.54, 1.807) is 6.20 Å². The lowest BCUT2D eigenvalue weighted by Crippen LogP contribution is -2.05. The molecule has 0 aliphatic carbocycles. The summed E-state index contributed by atoms with van der Waals surface area (Å²) in [5.74, 6) is 1.23. The van der Waals surface area contributed by atoms with Crippen molar-refractivity contribution in [2.45, 2.75) is 27.1 Å². The molecular weight excluding hydrogens is 254 g/mol. The fourth-order valence-corrected chi connectivity index (χ4v) is 1.93. The van der Waals surface area contributed by atoms with Crippen LogP contribution in [0, 0.1) is 6.92 Å². The molecule has 1 aromatic heterocycles. The number of aryl methyl sites for hydroxylation is 1. The Kier molecular flexibility index (Phi) is 4.96. The van der Waals surface area contributed by atoms with Crippen molar-refractivity contribution in [2.24, 2.45) is 0 Å². The molecule has 0 spiro atoms. The molecule has 0 saturated carbocycles. The molecule has 0 radical (unpaired) electrons. The van der Waals surface area contributed by atoms with E-state index in [4.69, 9.17) is 9.47 Å². The molecule has 0 amide bonds. The second-order valence-corrected chi connectivity index (χ2v) is 4.39. The lowest BCUT2D eigenvalue weighted by molar-refractivity contribution is 0.241. The Morgan fingerprint density at radius 3 is 2.70 bits per heavy atom. The molecule has 0 bridgehead atoms. The summed E-state index contributed by atoms with van der Waals surface area (Å²) in [6, 6.07) is 9.39. The van der Waals surface area contributed by atoms with Gasteiger partial charge in [0.1, 0.15) is 6.61 Å². The molecule has 0 unspecified atom stereocenters. The average Bonchev–Trinajstić information content (AvgIpc) is 2.47. The van der Waals surface area contributed by atoms with Crippen molar-refractivity contribution < 1.29 is 14.6 Å². The molecule has 4 nitrogen and oxygen atoms in total. The molecule has 1 aromatic carbocycles. The summed E-state index contributed by atoms with van der Waals surface area (Å²) in [7, 11) is 0. The summed E-state index contributed by atoms with van der Waals surface area (Å²) in [5, 5.41) is 9.41. The van der Waals surface area contributed by atoms with Gasteiger partial charge in [-0.25, -0.2) is 0 Å². The minimum Gasteiger partial charge on any atom is -0.490 e. The topological polar surface area (TPSA) is 51.6 Å². The Bertz CT molecular complexity index is 569. The molecule has 4 heteroatoms. The zero-order valence-corrected chi connectivity index (χ0v) is 11.8. The van der Waals surface area contributed by atoms with E-state index in [9.17, 15) is 5.11 Å². The molecule has 0 fully saturated rings. The quantitative estimate of drug-likeness (QED) is 0.879. The molecule has 1 heterocycles. The Balaban J connectivity index is 2.21. The Morgan fingerprint density at radius 2 is 2.00 bits per heavy atom. The van der Waals surface area contributed by atoms with Crippen molar-refractivity contribution >= 4 is 0 Å². The van der Waals surface area contributed by atoms with E-state index in [1.807, 2.05) is 44.2 Å². The smallest absolute Gasteiger partial charge is 0.167 e. The summed E-state index contributed by atoms with van der Waals surface area (Å²) in [5.41, 5.74) is 2.67. The standard InChI is InChI=1S/C16H19NO3/c1-3-19-15-8-4-7-13(10-18)16(15)20-11-14-12(2)6-5-9-17-14/h4-9,18H,3,10-11H2,1-2H3. The van der Waals surface area contributed by atoms with Crippen LogP contribution in [-0.2, 0) is 13.2 Å². The van der Waals surface area contributed by atoms with E-state index in [-0.39, 0.29) is 6.61 Å². The van der Waals surface area contributed by atoms with Crippen molar-refractivity contribution in [1.29, 1.82) is 0 Å². The number of hydrogen-bond acceptors (Lipinski definition) is 4. The van der Waals surface area contributed by atoms with Crippen molar-refractivity contribution in [1.82, 2.24) is 4.98 Å². The van der Waals surface area contributed by atoms with Gasteiger partial charge in [0.05, 0.1) is 18.9 Å². The molecule has 2 aromatic rings. The first-order valence-electron chi connectivity index (χ1n) is 6.65. The molecule has 0 atom stereocenters. The van der Waals surface area contributed by atoms with Gasteiger partial charge in [0.2, 0.25) is 0 Å². The van der Waals surface area contributed by atoms with Gasteiger partial charge in [-0.1, -0.05) is 18.2 Å². The number of hydrogen-bond donors (Lipinski definition) is 1. The van der Waals surface area contributed by atoms with Crippen LogP contribution >= 0.6 is 0 Å². The minimum atomic E-state index is -0.0859. The van der Waals surface area contributed by atoms with Crippen LogP contribution in [0.15, 0.2) is 36.5 Å². The van der Waals surface area contributed by atoms with Crippen molar-refractivity contribution in [3.05, 3.63) is 53.3 Å². The number of aliphatic hydroxyl groups is 1. The summed E-state index contributed by atoms with van der Waals surface area (Å²) in [4.78, 5) is 4.30. The number of pyridine rings is 1. The first-order chi connectivity index (χ1) is 9.76. The molecule has 2 rings (SSSR count). The number of para-hydroxylation sites is 1.